The zero-order valence-corrected chi connectivity index (χ0v) is 22.4. The van der Waals surface area contributed by atoms with E-state index in [1.54, 1.807) is 0 Å². The molecule has 4 fully saturated rings. The van der Waals surface area contributed by atoms with E-state index in [4.69, 9.17) is 9.47 Å². The van der Waals surface area contributed by atoms with Crippen molar-refractivity contribution in [1.29, 1.82) is 0 Å². The van der Waals surface area contributed by atoms with Crippen molar-refractivity contribution in [1.82, 2.24) is 19.6 Å². The van der Waals surface area contributed by atoms with Crippen molar-refractivity contribution in [2.24, 2.45) is 0 Å². The highest BCUT2D eigenvalue weighted by Gasteiger charge is 2.48. The summed E-state index contributed by atoms with van der Waals surface area (Å²) in [4.78, 5) is 9.94. The van der Waals surface area contributed by atoms with Crippen LogP contribution in [0.2, 0.25) is 0 Å². The lowest BCUT2D eigenvalue weighted by Crippen LogP contribution is -2.69. The summed E-state index contributed by atoms with van der Waals surface area (Å²) in [6.07, 6.45) is 2.07. The highest BCUT2D eigenvalue weighted by Crippen LogP contribution is 2.35. The second-order valence-electron chi connectivity index (χ2n) is 12.3. The monoisotopic (exact) mass is 482 g/mol. The second-order valence-corrected chi connectivity index (χ2v) is 12.3. The molecule has 4 saturated heterocycles. The number of morpholine rings is 2. The first-order valence-electron chi connectivity index (χ1n) is 13.6. The van der Waals surface area contributed by atoms with Crippen molar-refractivity contribution in [2.45, 2.75) is 102 Å². The summed E-state index contributed by atoms with van der Waals surface area (Å²) in [7, 11) is 0. The maximum atomic E-state index is 10.1. The number of rotatable bonds is 9. The van der Waals surface area contributed by atoms with Gasteiger partial charge in [-0.05, 0) is 54.4 Å². The van der Waals surface area contributed by atoms with E-state index in [0.717, 1.165) is 78.4 Å². The molecule has 0 aromatic carbocycles. The van der Waals surface area contributed by atoms with E-state index in [-0.39, 0.29) is 35.5 Å². The number of ether oxygens (including phenoxy) is 2. The molecule has 8 heteroatoms. The Bertz CT molecular complexity index is 667. The Balaban J connectivity index is 1.37. The molecule has 0 amide bonds. The van der Waals surface area contributed by atoms with Crippen molar-refractivity contribution < 1.29 is 19.7 Å². The lowest BCUT2D eigenvalue weighted by Gasteiger charge is -2.55. The van der Waals surface area contributed by atoms with Gasteiger partial charge in [0, 0.05) is 75.5 Å². The molecule has 0 spiro atoms. The summed E-state index contributed by atoms with van der Waals surface area (Å²) in [5.74, 6) is 0. The number of likely N-dealkylation sites (tertiary alicyclic amines) is 2. The zero-order valence-electron chi connectivity index (χ0n) is 22.4. The molecular weight excluding hydrogens is 432 g/mol. The molecule has 0 aromatic heterocycles. The van der Waals surface area contributed by atoms with Gasteiger partial charge in [-0.1, -0.05) is 0 Å². The van der Waals surface area contributed by atoms with E-state index >= 15 is 0 Å². The third kappa shape index (κ3) is 5.49. The summed E-state index contributed by atoms with van der Waals surface area (Å²) < 4.78 is 12.6. The van der Waals surface area contributed by atoms with Crippen molar-refractivity contribution >= 4 is 0 Å². The molecule has 0 radical (unpaired) electrons. The van der Waals surface area contributed by atoms with E-state index in [9.17, 15) is 10.2 Å². The van der Waals surface area contributed by atoms with Crippen LogP contribution in [0.3, 0.4) is 0 Å². The fourth-order valence-electron chi connectivity index (χ4n) is 6.22. The molecule has 2 N–H and O–H groups in total. The number of β-amino-alcohol motifs (C(OH)–C–C–N with tert-alkyl or cyclic N) is 2. The van der Waals surface area contributed by atoms with Gasteiger partial charge in [-0.3, -0.25) is 19.6 Å². The lowest BCUT2D eigenvalue weighted by molar-refractivity contribution is -0.159. The van der Waals surface area contributed by atoms with Gasteiger partial charge >= 0.3 is 0 Å². The summed E-state index contributed by atoms with van der Waals surface area (Å²) in [6.45, 7) is 22.2. The first-order chi connectivity index (χ1) is 16.0. The molecule has 0 bridgehead atoms. The third-order valence-corrected chi connectivity index (χ3v) is 9.36. The van der Waals surface area contributed by atoms with E-state index < -0.39 is 0 Å². The van der Waals surface area contributed by atoms with Crippen molar-refractivity contribution in [3.8, 4) is 0 Å². The van der Waals surface area contributed by atoms with E-state index in [0.29, 0.717) is 12.1 Å². The highest BCUT2D eigenvalue weighted by atomic mass is 16.5. The van der Waals surface area contributed by atoms with Crippen LogP contribution >= 0.6 is 0 Å². The minimum atomic E-state index is -0.205. The predicted octanol–water partition coefficient (Wildman–Crippen LogP) is 0.855. The van der Waals surface area contributed by atoms with Crippen molar-refractivity contribution in [3.63, 3.8) is 0 Å². The van der Waals surface area contributed by atoms with Crippen LogP contribution in [0.4, 0.5) is 0 Å². The molecule has 0 aromatic rings. The average Bonchev–Trinajstić information content (AvgIpc) is 2.78. The normalized spacial score (nSPS) is 32.4. The molecule has 2 unspecified atom stereocenters. The molecule has 198 valence electrons. The molecule has 0 saturated carbocycles. The summed E-state index contributed by atoms with van der Waals surface area (Å²) in [5, 5.41) is 19.8. The number of aliphatic hydroxyl groups excluding tert-OH is 2. The molecule has 4 atom stereocenters. The van der Waals surface area contributed by atoms with Crippen LogP contribution in [0.5, 0.6) is 0 Å². The molecule has 34 heavy (non-hydrogen) atoms. The second kappa shape index (κ2) is 10.6. The Labute approximate surface area is 207 Å². The molecule has 4 heterocycles. The number of hydrogen-bond donors (Lipinski definition) is 2. The van der Waals surface area contributed by atoms with Crippen LogP contribution in [0.25, 0.3) is 0 Å². The standard InChI is InChI=1S/C26H50N4O4/c1-19(2)27-9-11-34-24(18-27)26(6,30-15-22(32)16-30)8-7-20(3)28-10-12-33-23(17-28)25(4,5)29-13-21(31)14-29/h19-24,31-32H,7-18H2,1-6H3/t20?,23-,24+,26?/m0/s1. The molecular formula is C26H50N4O4. The van der Waals surface area contributed by atoms with Crippen molar-refractivity contribution in [2.75, 3.05) is 65.6 Å². The smallest absolute Gasteiger partial charge is 0.0883 e. The minimum Gasteiger partial charge on any atom is -0.390 e. The SMILES string of the molecule is CC(C)N1CCO[C@@H](C(C)(CCC(C)N2CCO[C@H](C(C)(C)N3CC(O)C3)C2)N2CC(O)C2)C1. The Morgan fingerprint density at radius 1 is 0.765 bits per heavy atom. The summed E-state index contributed by atoms with van der Waals surface area (Å²) >= 11 is 0. The first kappa shape index (κ1) is 26.7. The fraction of sp³-hybridized carbons (Fsp3) is 1.00. The zero-order chi connectivity index (χ0) is 24.7. The average molecular weight is 483 g/mol. The van der Waals surface area contributed by atoms with Gasteiger partial charge in [0.25, 0.3) is 0 Å². The van der Waals surface area contributed by atoms with Crippen LogP contribution in [0, 0.1) is 0 Å². The predicted molar refractivity (Wildman–Crippen MR) is 134 cm³/mol. The van der Waals surface area contributed by atoms with Gasteiger partial charge in [0.2, 0.25) is 0 Å². The number of nitrogens with zero attached hydrogens (tertiary/aromatic N) is 4. The Hall–Kier alpha value is -0.320. The molecule has 4 rings (SSSR count). The largest absolute Gasteiger partial charge is 0.390 e. The highest BCUT2D eigenvalue weighted by molar-refractivity contribution is 5.03. The van der Waals surface area contributed by atoms with Gasteiger partial charge in [-0.25, -0.2) is 0 Å². The van der Waals surface area contributed by atoms with Crippen LogP contribution in [-0.2, 0) is 9.47 Å². The van der Waals surface area contributed by atoms with Crippen LogP contribution in [0.15, 0.2) is 0 Å². The van der Waals surface area contributed by atoms with Gasteiger partial charge < -0.3 is 19.7 Å². The molecule has 8 nitrogen and oxygen atoms in total. The molecule has 4 aliphatic heterocycles. The Morgan fingerprint density at radius 3 is 1.88 bits per heavy atom. The van der Waals surface area contributed by atoms with E-state index in [2.05, 4.69) is 61.1 Å². The molecule has 4 aliphatic rings. The lowest BCUT2D eigenvalue weighted by atomic mass is 9.82. The summed E-state index contributed by atoms with van der Waals surface area (Å²) in [6, 6.07) is 0.984. The van der Waals surface area contributed by atoms with Gasteiger partial charge in [0.15, 0.2) is 0 Å². The van der Waals surface area contributed by atoms with Gasteiger partial charge in [0.05, 0.1) is 37.6 Å². The van der Waals surface area contributed by atoms with E-state index in [1.807, 2.05) is 0 Å². The topological polar surface area (TPSA) is 71.9 Å². The van der Waals surface area contributed by atoms with Gasteiger partial charge in [-0.2, -0.15) is 0 Å². The third-order valence-electron chi connectivity index (χ3n) is 9.36. The van der Waals surface area contributed by atoms with Gasteiger partial charge in [-0.15, -0.1) is 0 Å². The minimum absolute atomic E-state index is 0.0697. The first-order valence-corrected chi connectivity index (χ1v) is 13.6. The number of hydrogen-bond acceptors (Lipinski definition) is 8. The van der Waals surface area contributed by atoms with Crippen LogP contribution in [-0.4, -0.2) is 143 Å². The maximum Gasteiger partial charge on any atom is 0.0883 e. The van der Waals surface area contributed by atoms with Crippen molar-refractivity contribution in [3.05, 3.63) is 0 Å². The Morgan fingerprint density at radius 2 is 1.29 bits per heavy atom. The number of aliphatic hydroxyl groups is 2. The van der Waals surface area contributed by atoms with Gasteiger partial charge in [0.1, 0.15) is 0 Å². The van der Waals surface area contributed by atoms with E-state index in [1.165, 1.54) is 0 Å². The Kier molecular flexibility index (Phi) is 8.32. The maximum absolute atomic E-state index is 10.1. The van der Waals surface area contributed by atoms with Crippen LogP contribution < -0.4 is 0 Å². The van der Waals surface area contributed by atoms with Crippen LogP contribution in [0.1, 0.15) is 54.4 Å². The fourth-order valence-corrected chi connectivity index (χ4v) is 6.22. The quantitative estimate of drug-likeness (QED) is 0.501. The summed E-state index contributed by atoms with van der Waals surface area (Å²) in [5.41, 5.74) is -0.143. The molecule has 0 aliphatic carbocycles.